The van der Waals surface area contributed by atoms with Crippen LogP contribution in [0, 0.1) is 0 Å². The lowest BCUT2D eigenvalue weighted by molar-refractivity contribution is 0.108. The number of rotatable bonds is 8. The molecule has 0 spiro atoms. The number of benzene rings is 1. The third-order valence-electron chi connectivity index (χ3n) is 3.76. The molecule has 0 bridgehead atoms. The van der Waals surface area contributed by atoms with Crippen LogP contribution in [0.5, 0.6) is 0 Å². The Morgan fingerprint density at radius 1 is 1.13 bits per heavy atom. The van der Waals surface area contributed by atoms with Gasteiger partial charge >= 0.3 is 0 Å². The van der Waals surface area contributed by atoms with Crippen molar-refractivity contribution in [1.82, 2.24) is 14.7 Å². The zero-order valence-electron chi connectivity index (χ0n) is 13.0. The Bertz CT molecular complexity index is 668. The van der Waals surface area contributed by atoms with Gasteiger partial charge in [0.25, 0.3) is 0 Å². The van der Waals surface area contributed by atoms with Crippen molar-refractivity contribution in [2.45, 2.75) is 19.2 Å². The topological polar surface area (TPSA) is 41.3 Å². The van der Waals surface area contributed by atoms with Crippen LogP contribution in [-0.4, -0.2) is 32.9 Å². The van der Waals surface area contributed by atoms with Crippen molar-refractivity contribution in [3.05, 3.63) is 76.7 Å². The van der Waals surface area contributed by atoms with Crippen LogP contribution in [0.15, 0.2) is 66.3 Å². The Kier molecular flexibility index (Phi) is 5.58. The zero-order valence-corrected chi connectivity index (χ0v) is 13.8. The van der Waals surface area contributed by atoms with Crippen LogP contribution in [0.25, 0.3) is 0 Å². The highest BCUT2D eigenvalue weighted by molar-refractivity contribution is 7.10. The van der Waals surface area contributed by atoms with E-state index in [1.165, 1.54) is 5.56 Å². The molecule has 1 aromatic carbocycles. The zero-order chi connectivity index (χ0) is 15.9. The molecule has 2 heterocycles. The SMILES string of the molecule is OC(CN(CCn1cccn1)Cc1ccccc1)c1cccs1. The maximum atomic E-state index is 10.5. The van der Waals surface area contributed by atoms with Crippen LogP contribution in [0.1, 0.15) is 16.5 Å². The lowest BCUT2D eigenvalue weighted by atomic mass is 10.2. The number of aliphatic hydroxyl groups excluding tert-OH is 1. The molecule has 5 heteroatoms. The summed E-state index contributed by atoms with van der Waals surface area (Å²) in [5, 5.41) is 16.7. The van der Waals surface area contributed by atoms with E-state index in [2.05, 4.69) is 34.3 Å². The molecule has 120 valence electrons. The number of hydrogen-bond acceptors (Lipinski definition) is 4. The van der Waals surface area contributed by atoms with Crippen LogP contribution in [0.3, 0.4) is 0 Å². The second-order valence-electron chi connectivity index (χ2n) is 5.52. The van der Waals surface area contributed by atoms with Gasteiger partial charge in [0.1, 0.15) is 6.10 Å². The quantitative estimate of drug-likeness (QED) is 0.691. The molecule has 0 aliphatic heterocycles. The monoisotopic (exact) mass is 327 g/mol. The Hall–Kier alpha value is -1.95. The number of nitrogens with zero attached hydrogens (tertiary/aromatic N) is 3. The minimum absolute atomic E-state index is 0.448. The first-order chi connectivity index (χ1) is 11.3. The van der Waals surface area contributed by atoms with Crippen LogP contribution in [0.2, 0.25) is 0 Å². The standard InChI is InChI=1S/C18H21N3OS/c22-17(18-8-4-13-23-18)15-20(11-12-21-10-5-9-19-21)14-16-6-2-1-3-7-16/h1-10,13,17,22H,11-12,14-15H2. The van der Waals surface area contributed by atoms with Gasteiger partial charge in [-0.25, -0.2) is 0 Å². The van der Waals surface area contributed by atoms with Crippen molar-refractivity contribution in [2.24, 2.45) is 0 Å². The van der Waals surface area contributed by atoms with Gasteiger partial charge in [-0.05, 0) is 23.1 Å². The van der Waals surface area contributed by atoms with Crippen molar-refractivity contribution < 1.29 is 5.11 Å². The fourth-order valence-corrected chi connectivity index (χ4v) is 3.27. The van der Waals surface area contributed by atoms with Gasteiger partial charge in [-0.15, -0.1) is 11.3 Å². The molecule has 1 N–H and O–H groups in total. The maximum Gasteiger partial charge on any atom is 0.101 e. The molecule has 0 amide bonds. The molecule has 0 aliphatic rings. The highest BCUT2D eigenvalue weighted by Crippen LogP contribution is 2.20. The molecular weight excluding hydrogens is 306 g/mol. The minimum Gasteiger partial charge on any atom is -0.386 e. The van der Waals surface area contributed by atoms with Gasteiger partial charge < -0.3 is 5.11 Å². The summed E-state index contributed by atoms with van der Waals surface area (Å²) < 4.78 is 1.93. The predicted molar refractivity (Wildman–Crippen MR) is 93.2 cm³/mol. The smallest absolute Gasteiger partial charge is 0.101 e. The molecule has 2 aromatic heterocycles. The number of thiophene rings is 1. The fourth-order valence-electron chi connectivity index (χ4n) is 2.57. The number of aliphatic hydroxyl groups is 1. The van der Waals surface area contributed by atoms with Crippen LogP contribution in [-0.2, 0) is 13.1 Å². The van der Waals surface area contributed by atoms with Crippen molar-refractivity contribution in [2.75, 3.05) is 13.1 Å². The first-order valence-electron chi connectivity index (χ1n) is 7.76. The number of hydrogen-bond donors (Lipinski definition) is 1. The molecule has 1 atom stereocenters. The first kappa shape index (κ1) is 15.9. The first-order valence-corrected chi connectivity index (χ1v) is 8.64. The Morgan fingerprint density at radius 2 is 2.00 bits per heavy atom. The summed E-state index contributed by atoms with van der Waals surface area (Å²) >= 11 is 1.60. The molecule has 23 heavy (non-hydrogen) atoms. The molecule has 0 saturated carbocycles. The van der Waals surface area contributed by atoms with E-state index in [4.69, 9.17) is 0 Å². The Morgan fingerprint density at radius 3 is 2.70 bits per heavy atom. The van der Waals surface area contributed by atoms with Crippen LogP contribution in [0.4, 0.5) is 0 Å². The third kappa shape index (κ3) is 4.76. The summed E-state index contributed by atoms with van der Waals surface area (Å²) in [6.07, 6.45) is 3.31. The van der Waals surface area contributed by atoms with E-state index < -0.39 is 6.10 Å². The third-order valence-corrected chi connectivity index (χ3v) is 4.73. The molecule has 0 saturated heterocycles. The molecule has 0 aliphatic carbocycles. The summed E-state index contributed by atoms with van der Waals surface area (Å²) in [5.74, 6) is 0. The lowest BCUT2D eigenvalue weighted by Gasteiger charge is -2.25. The second-order valence-corrected chi connectivity index (χ2v) is 6.50. The molecule has 3 rings (SSSR count). The van der Waals surface area contributed by atoms with Crippen molar-refractivity contribution in [3.8, 4) is 0 Å². The van der Waals surface area contributed by atoms with Crippen LogP contribution >= 0.6 is 11.3 Å². The summed E-state index contributed by atoms with van der Waals surface area (Å²) in [4.78, 5) is 3.30. The van der Waals surface area contributed by atoms with E-state index in [1.54, 1.807) is 17.5 Å². The van der Waals surface area contributed by atoms with E-state index in [-0.39, 0.29) is 0 Å². The minimum atomic E-state index is -0.448. The van der Waals surface area contributed by atoms with Crippen molar-refractivity contribution in [1.29, 1.82) is 0 Å². The average Bonchev–Trinajstić information content (AvgIpc) is 3.27. The van der Waals surface area contributed by atoms with E-state index in [0.717, 1.165) is 24.5 Å². The Balaban J connectivity index is 1.64. The summed E-state index contributed by atoms with van der Waals surface area (Å²) in [5.41, 5.74) is 1.26. The van der Waals surface area contributed by atoms with Gasteiger partial charge in [-0.1, -0.05) is 36.4 Å². The fraction of sp³-hybridized carbons (Fsp3) is 0.278. The largest absolute Gasteiger partial charge is 0.386 e. The summed E-state index contributed by atoms with van der Waals surface area (Å²) in [7, 11) is 0. The summed E-state index contributed by atoms with van der Waals surface area (Å²) in [6.45, 7) is 3.11. The van der Waals surface area contributed by atoms with Gasteiger partial charge in [0.15, 0.2) is 0 Å². The van der Waals surface area contributed by atoms with E-state index in [0.29, 0.717) is 6.54 Å². The highest BCUT2D eigenvalue weighted by atomic mass is 32.1. The van der Waals surface area contributed by atoms with Gasteiger partial charge in [0, 0.05) is 36.9 Å². The van der Waals surface area contributed by atoms with E-state index in [9.17, 15) is 5.11 Å². The molecular formula is C18H21N3OS. The highest BCUT2D eigenvalue weighted by Gasteiger charge is 2.15. The number of aromatic nitrogens is 2. The van der Waals surface area contributed by atoms with E-state index >= 15 is 0 Å². The van der Waals surface area contributed by atoms with Gasteiger partial charge in [-0.2, -0.15) is 5.10 Å². The molecule has 0 radical (unpaired) electrons. The van der Waals surface area contributed by atoms with Gasteiger partial charge in [0.05, 0.1) is 6.54 Å². The Labute approximate surface area is 140 Å². The maximum absolute atomic E-state index is 10.5. The molecule has 4 nitrogen and oxygen atoms in total. The second kappa shape index (κ2) is 8.06. The van der Waals surface area contributed by atoms with Crippen molar-refractivity contribution >= 4 is 11.3 Å². The normalized spacial score (nSPS) is 12.6. The van der Waals surface area contributed by atoms with Crippen molar-refractivity contribution in [3.63, 3.8) is 0 Å². The van der Waals surface area contributed by atoms with Gasteiger partial charge in [-0.3, -0.25) is 9.58 Å². The lowest BCUT2D eigenvalue weighted by Crippen LogP contribution is -2.31. The van der Waals surface area contributed by atoms with Gasteiger partial charge in [0.2, 0.25) is 0 Å². The van der Waals surface area contributed by atoms with Crippen LogP contribution < -0.4 is 0 Å². The molecule has 1 unspecified atom stereocenters. The summed E-state index contributed by atoms with van der Waals surface area (Å²) in [6, 6.07) is 16.3. The van der Waals surface area contributed by atoms with E-state index in [1.807, 2.05) is 40.5 Å². The molecule has 0 fully saturated rings. The molecule has 3 aromatic rings. The average molecular weight is 327 g/mol. The predicted octanol–water partition coefficient (Wildman–Crippen LogP) is 3.18.